The summed E-state index contributed by atoms with van der Waals surface area (Å²) in [6.45, 7) is 6.95. The van der Waals surface area contributed by atoms with E-state index in [1.807, 2.05) is 13.0 Å². The van der Waals surface area contributed by atoms with E-state index in [-0.39, 0.29) is 0 Å². The monoisotopic (exact) mass is 191 g/mol. The summed E-state index contributed by atoms with van der Waals surface area (Å²) in [6, 6.07) is 1.91. The van der Waals surface area contributed by atoms with Gasteiger partial charge in [0.25, 0.3) is 0 Å². The van der Waals surface area contributed by atoms with Gasteiger partial charge in [-0.15, -0.1) is 0 Å². The number of nitrogens with two attached hydrogens (primary N) is 1. The second kappa shape index (κ2) is 4.65. The van der Waals surface area contributed by atoms with E-state index < -0.39 is 0 Å². The molecule has 14 heavy (non-hydrogen) atoms. The minimum Gasteiger partial charge on any atom is -0.397 e. The van der Waals surface area contributed by atoms with Crippen molar-refractivity contribution in [3.63, 3.8) is 0 Å². The predicted molar refractivity (Wildman–Crippen MR) is 61.3 cm³/mol. The Morgan fingerprint density at radius 3 is 2.86 bits per heavy atom. The molecule has 0 radical (unpaired) electrons. The van der Waals surface area contributed by atoms with Crippen LogP contribution < -0.4 is 11.1 Å². The van der Waals surface area contributed by atoms with Crippen LogP contribution in [0.1, 0.15) is 19.4 Å². The van der Waals surface area contributed by atoms with Gasteiger partial charge in [0, 0.05) is 6.54 Å². The third kappa shape index (κ3) is 3.09. The molecule has 0 saturated heterocycles. The van der Waals surface area contributed by atoms with Crippen LogP contribution in [0.2, 0.25) is 0 Å². The highest BCUT2D eigenvalue weighted by atomic mass is 15.0. The molecule has 0 fully saturated rings. The maximum Gasteiger partial charge on any atom is 0.129 e. The Morgan fingerprint density at radius 1 is 1.57 bits per heavy atom. The number of nitrogen functional groups attached to an aromatic ring is 1. The van der Waals surface area contributed by atoms with Crippen molar-refractivity contribution >= 4 is 11.5 Å². The molecular weight excluding hydrogens is 174 g/mol. The molecular formula is C11H17N3. The fourth-order valence-corrected chi connectivity index (χ4v) is 1.13. The topological polar surface area (TPSA) is 50.9 Å². The Balaban J connectivity index is 2.64. The molecule has 76 valence electrons. The molecule has 0 aliphatic carbocycles. The lowest BCUT2D eigenvalue weighted by Gasteiger charge is -2.06. The van der Waals surface area contributed by atoms with E-state index in [1.54, 1.807) is 6.20 Å². The van der Waals surface area contributed by atoms with Gasteiger partial charge in [0.15, 0.2) is 0 Å². The molecule has 0 aromatic carbocycles. The minimum absolute atomic E-state index is 0.704. The standard InChI is InChI=1S/C11H17N3/c1-8(2)4-5-13-11-9(3)6-10(12)7-14-11/h4,6-7H,5,12H2,1-3H3,(H,13,14). The van der Waals surface area contributed by atoms with Crippen molar-refractivity contribution in [1.82, 2.24) is 4.98 Å². The zero-order chi connectivity index (χ0) is 10.6. The molecule has 0 spiro atoms. The van der Waals surface area contributed by atoms with Gasteiger partial charge in [0.1, 0.15) is 5.82 Å². The van der Waals surface area contributed by atoms with E-state index in [1.165, 1.54) is 5.57 Å². The largest absolute Gasteiger partial charge is 0.397 e. The summed E-state index contributed by atoms with van der Waals surface area (Å²) in [5.74, 6) is 0.900. The summed E-state index contributed by atoms with van der Waals surface area (Å²) in [4.78, 5) is 4.21. The van der Waals surface area contributed by atoms with Crippen LogP contribution in [0.4, 0.5) is 11.5 Å². The van der Waals surface area contributed by atoms with Crippen molar-refractivity contribution in [1.29, 1.82) is 0 Å². The van der Waals surface area contributed by atoms with Crippen molar-refractivity contribution in [2.24, 2.45) is 0 Å². The SMILES string of the molecule is CC(C)=CCNc1ncc(N)cc1C. The van der Waals surface area contributed by atoms with Gasteiger partial charge < -0.3 is 11.1 Å². The van der Waals surface area contributed by atoms with Crippen LogP contribution in [0.25, 0.3) is 0 Å². The van der Waals surface area contributed by atoms with Gasteiger partial charge in [-0.3, -0.25) is 0 Å². The van der Waals surface area contributed by atoms with Crippen molar-refractivity contribution in [2.45, 2.75) is 20.8 Å². The number of anilines is 2. The molecule has 1 heterocycles. The molecule has 1 aromatic heterocycles. The molecule has 3 nitrogen and oxygen atoms in total. The minimum atomic E-state index is 0.704. The summed E-state index contributed by atoms with van der Waals surface area (Å²) >= 11 is 0. The number of nitrogens with zero attached hydrogens (tertiary/aromatic N) is 1. The number of aryl methyl sites for hydroxylation is 1. The van der Waals surface area contributed by atoms with Crippen molar-refractivity contribution in [3.8, 4) is 0 Å². The molecule has 3 heteroatoms. The van der Waals surface area contributed by atoms with Crippen LogP contribution in [-0.4, -0.2) is 11.5 Å². The molecule has 1 rings (SSSR count). The van der Waals surface area contributed by atoms with Gasteiger partial charge in [-0.25, -0.2) is 4.98 Å². The summed E-state index contributed by atoms with van der Waals surface area (Å²) < 4.78 is 0. The van der Waals surface area contributed by atoms with Gasteiger partial charge >= 0.3 is 0 Å². The van der Waals surface area contributed by atoms with E-state index in [0.717, 1.165) is 17.9 Å². The van der Waals surface area contributed by atoms with E-state index in [9.17, 15) is 0 Å². The smallest absolute Gasteiger partial charge is 0.129 e. The Kier molecular flexibility index (Phi) is 3.51. The lowest BCUT2D eigenvalue weighted by molar-refractivity contribution is 1.18. The third-order valence-corrected chi connectivity index (χ3v) is 1.88. The van der Waals surface area contributed by atoms with Crippen LogP contribution >= 0.6 is 0 Å². The Morgan fingerprint density at radius 2 is 2.29 bits per heavy atom. The number of hydrogen-bond donors (Lipinski definition) is 2. The molecule has 1 aromatic rings. The molecule has 0 aliphatic rings. The van der Waals surface area contributed by atoms with Crippen LogP contribution in [-0.2, 0) is 0 Å². The predicted octanol–water partition coefficient (Wildman–Crippen LogP) is 2.35. The molecule has 0 bridgehead atoms. The highest BCUT2D eigenvalue weighted by Crippen LogP contribution is 2.13. The Labute approximate surface area is 85.0 Å². The first-order chi connectivity index (χ1) is 6.59. The Bertz CT molecular complexity index is 338. The fourth-order valence-electron chi connectivity index (χ4n) is 1.13. The van der Waals surface area contributed by atoms with Gasteiger partial charge in [-0.05, 0) is 32.4 Å². The van der Waals surface area contributed by atoms with E-state index >= 15 is 0 Å². The van der Waals surface area contributed by atoms with Crippen LogP contribution in [0.15, 0.2) is 23.9 Å². The van der Waals surface area contributed by atoms with E-state index in [4.69, 9.17) is 5.73 Å². The first kappa shape index (κ1) is 10.6. The van der Waals surface area contributed by atoms with E-state index in [2.05, 4.69) is 30.2 Å². The van der Waals surface area contributed by atoms with Gasteiger partial charge in [-0.2, -0.15) is 0 Å². The summed E-state index contributed by atoms with van der Waals surface area (Å²) in [5, 5.41) is 3.23. The molecule has 3 N–H and O–H groups in total. The van der Waals surface area contributed by atoms with Crippen molar-refractivity contribution < 1.29 is 0 Å². The molecule has 0 atom stereocenters. The highest BCUT2D eigenvalue weighted by molar-refractivity contribution is 5.50. The second-order valence-electron chi connectivity index (χ2n) is 3.60. The quantitative estimate of drug-likeness (QED) is 0.721. The number of aromatic nitrogens is 1. The second-order valence-corrected chi connectivity index (χ2v) is 3.60. The lowest BCUT2D eigenvalue weighted by Crippen LogP contribution is -2.03. The van der Waals surface area contributed by atoms with Crippen molar-refractivity contribution in [3.05, 3.63) is 29.5 Å². The van der Waals surface area contributed by atoms with Crippen LogP contribution in [0.5, 0.6) is 0 Å². The molecule has 0 amide bonds. The highest BCUT2D eigenvalue weighted by Gasteiger charge is 1.97. The maximum absolute atomic E-state index is 5.60. The van der Waals surface area contributed by atoms with E-state index in [0.29, 0.717) is 5.69 Å². The lowest BCUT2D eigenvalue weighted by atomic mass is 10.2. The van der Waals surface area contributed by atoms with Gasteiger partial charge in [-0.1, -0.05) is 11.6 Å². The average molecular weight is 191 g/mol. The van der Waals surface area contributed by atoms with Gasteiger partial charge in [0.2, 0.25) is 0 Å². The number of hydrogen-bond acceptors (Lipinski definition) is 3. The normalized spacial score (nSPS) is 9.64. The Hall–Kier alpha value is -1.51. The van der Waals surface area contributed by atoms with Crippen LogP contribution in [0, 0.1) is 6.92 Å². The summed E-state index contributed by atoms with van der Waals surface area (Å²) in [5.41, 5.74) is 8.68. The number of rotatable bonds is 3. The summed E-state index contributed by atoms with van der Waals surface area (Å²) in [6.07, 6.45) is 3.79. The summed E-state index contributed by atoms with van der Waals surface area (Å²) in [7, 11) is 0. The average Bonchev–Trinajstić information content (AvgIpc) is 2.08. The first-order valence-corrected chi connectivity index (χ1v) is 4.69. The first-order valence-electron chi connectivity index (χ1n) is 4.69. The zero-order valence-corrected chi connectivity index (χ0v) is 8.96. The molecule has 0 saturated carbocycles. The number of allylic oxidation sites excluding steroid dienone is 1. The zero-order valence-electron chi connectivity index (χ0n) is 8.96. The maximum atomic E-state index is 5.60. The third-order valence-electron chi connectivity index (χ3n) is 1.88. The molecule has 0 unspecified atom stereocenters. The number of pyridine rings is 1. The fraction of sp³-hybridized carbons (Fsp3) is 0.364. The van der Waals surface area contributed by atoms with Crippen LogP contribution in [0.3, 0.4) is 0 Å². The number of nitrogens with one attached hydrogen (secondary N) is 1. The van der Waals surface area contributed by atoms with Crippen molar-refractivity contribution in [2.75, 3.05) is 17.6 Å². The van der Waals surface area contributed by atoms with Gasteiger partial charge in [0.05, 0.1) is 11.9 Å². The molecule has 0 aliphatic heterocycles.